The molecular formula is C23H18BrN3O. The predicted molar refractivity (Wildman–Crippen MR) is 116 cm³/mol. The maximum Gasteiger partial charge on any atom is 0.244 e. The van der Waals surface area contributed by atoms with Crippen molar-refractivity contribution in [2.45, 2.75) is 6.17 Å². The molecule has 0 fully saturated rings. The van der Waals surface area contributed by atoms with E-state index in [0.717, 1.165) is 16.6 Å². The quantitative estimate of drug-likeness (QED) is 0.369. The molecule has 1 atom stereocenters. The Balaban J connectivity index is 0.000000162. The van der Waals surface area contributed by atoms with Crippen LogP contribution in [0.4, 0.5) is 0 Å². The second-order valence-corrected chi connectivity index (χ2v) is 6.84. The Kier molecular flexibility index (Phi) is 5.75. The summed E-state index contributed by atoms with van der Waals surface area (Å²) in [6.45, 7) is 0. The molecule has 4 nitrogen and oxygen atoms in total. The number of aliphatic imine (C=N–C) groups is 1. The Hall–Kier alpha value is -3.02. The highest BCUT2D eigenvalue weighted by Crippen LogP contribution is 2.32. The predicted octanol–water partition coefficient (Wildman–Crippen LogP) is 5.92. The fraction of sp³-hybridized carbons (Fsp3) is 0.0435. The van der Waals surface area contributed by atoms with Crippen LogP contribution in [-0.2, 0) is 4.84 Å². The maximum absolute atomic E-state index is 5.61. The average molecular weight is 432 g/mol. The lowest BCUT2D eigenvalue weighted by Gasteiger charge is -2.13. The summed E-state index contributed by atoms with van der Waals surface area (Å²) in [6, 6.07) is 32.0. The fourth-order valence-corrected chi connectivity index (χ4v) is 3.32. The average Bonchev–Trinajstić information content (AvgIpc) is 3.17. The summed E-state index contributed by atoms with van der Waals surface area (Å²) < 4.78 is 1.59. The molecule has 4 aromatic rings. The number of benzene rings is 3. The van der Waals surface area contributed by atoms with Crippen LogP contribution in [0, 0.1) is 0 Å². The van der Waals surface area contributed by atoms with E-state index in [0.29, 0.717) is 5.90 Å². The lowest BCUT2D eigenvalue weighted by atomic mass is 10.2. The normalized spacial score (nSPS) is 16.0. The number of pyridine rings is 1. The first-order valence-corrected chi connectivity index (χ1v) is 9.63. The smallest absolute Gasteiger partial charge is 0.244 e. The molecular weight excluding hydrogens is 414 g/mol. The molecule has 1 aromatic heterocycles. The van der Waals surface area contributed by atoms with Gasteiger partial charge in [-0.15, -0.1) is 0 Å². The van der Waals surface area contributed by atoms with E-state index in [1.807, 2.05) is 91.1 Å². The van der Waals surface area contributed by atoms with Crippen molar-refractivity contribution < 1.29 is 4.84 Å². The topological polar surface area (TPSA) is 37.7 Å². The van der Waals surface area contributed by atoms with Crippen LogP contribution in [0.15, 0.2) is 108 Å². The molecule has 0 N–H and O–H groups in total. The van der Waals surface area contributed by atoms with Gasteiger partial charge in [-0.25, -0.2) is 4.99 Å². The van der Waals surface area contributed by atoms with Gasteiger partial charge in [-0.3, -0.25) is 4.98 Å². The third kappa shape index (κ3) is 4.27. The van der Waals surface area contributed by atoms with Gasteiger partial charge in [-0.1, -0.05) is 72.8 Å². The zero-order chi connectivity index (χ0) is 19.2. The van der Waals surface area contributed by atoms with Gasteiger partial charge < -0.3 is 4.84 Å². The summed E-state index contributed by atoms with van der Waals surface area (Å²) in [4.78, 5) is 14.4. The standard InChI is InChI=1S/C14H11BrN2O.C9H7N/c15-17-13(11-7-3-1-4-8-11)16-14(18-17)12-9-5-2-6-10-12;1-2-6-9-8(4-1)5-3-7-10-9/h1-10,13H;1-7H. The van der Waals surface area contributed by atoms with Gasteiger partial charge in [-0.2, -0.15) is 0 Å². The molecule has 0 saturated heterocycles. The lowest BCUT2D eigenvalue weighted by Crippen LogP contribution is -2.12. The monoisotopic (exact) mass is 431 g/mol. The minimum absolute atomic E-state index is 0.151. The van der Waals surface area contributed by atoms with Crippen molar-refractivity contribution in [1.29, 1.82) is 0 Å². The molecule has 138 valence electrons. The van der Waals surface area contributed by atoms with Crippen LogP contribution < -0.4 is 0 Å². The van der Waals surface area contributed by atoms with Gasteiger partial charge in [0.05, 0.1) is 21.7 Å². The summed E-state index contributed by atoms with van der Waals surface area (Å²) in [6.07, 6.45) is 1.66. The van der Waals surface area contributed by atoms with E-state index >= 15 is 0 Å². The van der Waals surface area contributed by atoms with Crippen molar-refractivity contribution in [2.75, 3.05) is 0 Å². The van der Waals surface area contributed by atoms with Crippen molar-refractivity contribution in [3.05, 3.63) is 114 Å². The van der Waals surface area contributed by atoms with Gasteiger partial charge >= 0.3 is 0 Å². The third-order valence-electron chi connectivity index (χ3n) is 4.24. The number of halogens is 1. The van der Waals surface area contributed by atoms with E-state index in [4.69, 9.17) is 4.84 Å². The number of hydroxylamine groups is 1. The van der Waals surface area contributed by atoms with Gasteiger partial charge in [0, 0.05) is 17.1 Å². The van der Waals surface area contributed by atoms with Crippen molar-refractivity contribution in [3.63, 3.8) is 0 Å². The molecule has 2 heterocycles. The van der Waals surface area contributed by atoms with Crippen molar-refractivity contribution in [2.24, 2.45) is 4.99 Å². The highest BCUT2D eigenvalue weighted by Gasteiger charge is 2.28. The molecule has 0 spiro atoms. The van der Waals surface area contributed by atoms with Gasteiger partial charge in [0.2, 0.25) is 5.90 Å². The first-order chi connectivity index (χ1) is 13.8. The highest BCUT2D eigenvalue weighted by molar-refractivity contribution is 9.07. The molecule has 28 heavy (non-hydrogen) atoms. The molecule has 0 amide bonds. The van der Waals surface area contributed by atoms with Crippen LogP contribution >= 0.6 is 16.1 Å². The van der Waals surface area contributed by atoms with E-state index in [2.05, 4.69) is 38.3 Å². The van der Waals surface area contributed by atoms with Gasteiger partial charge in [0.1, 0.15) is 0 Å². The van der Waals surface area contributed by atoms with Crippen LogP contribution in [0.25, 0.3) is 10.9 Å². The van der Waals surface area contributed by atoms with Crippen LogP contribution in [0.3, 0.4) is 0 Å². The van der Waals surface area contributed by atoms with Crippen molar-refractivity contribution in [1.82, 2.24) is 9.07 Å². The first kappa shape index (κ1) is 18.3. The van der Waals surface area contributed by atoms with E-state index in [-0.39, 0.29) is 6.17 Å². The highest BCUT2D eigenvalue weighted by atomic mass is 79.9. The maximum atomic E-state index is 5.61. The summed E-state index contributed by atoms with van der Waals surface area (Å²) in [5, 5.41) is 1.20. The summed E-state index contributed by atoms with van der Waals surface area (Å²) in [5.41, 5.74) is 3.12. The van der Waals surface area contributed by atoms with Crippen LogP contribution in [-0.4, -0.2) is 15.0 Å². The van der Waals surface area contributed by atoms with E-state index in [9.17, 15) is 0 Å². The Bertz CT molecular complexity index is 1010. The molecule has 0 bridgehead atoms. The molecule has 0 aliphatic carbocycles. The minimum Gasteiger partial charge on any atom is -0.372 e. The van der Waals surface area contributed by atoms with Crippen LogP contribution in [0.1, 0.15) is 17.3 Å². The second kappa shape index (κ2) is 8.78. The zero-order valence-corrected chi connectivity index (χ0v) is 16.6. The second-order valence-electron chi connectivity index (χ2n) is 6.14. The molecule has 0 saturated carbocycles. The van der Waals surface area contributed by atoms with Gasteiger partial charge in [0.25, 0.3) is 0 Å². The van der Waals surface area contributed by atoms with Crippen molar-refractivity contribution >= 4 is 32.9 Å². The Morgan fingerprint density at radius 1 is 0.750 bits per heavy atom. The number of para-hydroxylation sites is 1. The van der Waals surface area contributed by atoms with Gasteiger partial charge in [-0.05, 0) is 33.9 Å². The first-order valence-electron chi connectivity index (χ1n) is 8.92. The summed E-state index contributed by atoms with van der Waals surface area (Å²) in [5.74, 6) is 0.626. The molecule has 1 unspecified atom stereocenters. The minimum atomic E-state index is -0.151. The Labute approximate surface area is 172 Å². The number of aromatic nitrogens is 1. The Morgan fingerprint density at radius 3 is 2.14 bits per heavy atom. The van der Waals surface area contributed by atoms with Crippen LogP contribution in [0.2, 0.25) is 0 Å². The molecule has 1 aliphatic heterocycles. The van der Waals surface area contributed by atoms with E-state index in [1.165, 1.54) is 5.39 Å². The number of fused-ring (bicyclic) bond motifs is 1. The number of nitrogens with zero attached hydrogens (tertiary/aromatic N) is 3. The van der Waals surface area contributed by atoms with Crippen LogP contribution in [0.5, 0.6) is 0 Å². The molecule has 3 aromatic carbocycles. The molecule has 1 aliphatic rings. The molecule has 0 radical (unpaired) electrons. The Morgan fingerprint density at radius 2 is 1.39 bits per heavy atom. The zero-order valence-electron chi connectivity index (χ0n) is 15.0. The van der Waals surface area contributed by atoms with E-state index < -0.39 is 0 Å². The van der Waals surface area contributed by atoms with E-state index in [1.54, 1.807) is 4.09 Å². The fourth-order valence-electron chi connectivity index (χ4n) is 2.85. The van der Waals surface area contributed by atoms with Crippen molar-refractivity contribution in [3.8, 4) is 0 Å². The molecule has 5 heteroatoms. The number of rotatable bonds is 2. The number of hydrogen-bond donors (Lipinski definition) is 0. The summed E-state index contributed by atoms with van der Waals surface area (Å²) in [7, 11) is 0. The summed E-state index contributed by atoms with van der Waals surface area (Å²) >= 11 is 3.38. The lowest BCUT2D eigenvalue weighted by molar-refractivity contribution is 0.0367. The number of hydrogen-bond acceptors (Lipinski definition) is 4. The van der Waals surface area contributed by atoms with Gasteiger partial charge in [0.15, 0.2) is 6.17 Å². The SMILES string of the molecule is BrN1OC(c2ccccc2)=NC1c1ccccc1.c1ccc2ncccc2c1. The molecule has 5 rings (SSSR count). The largest absolute Gasteiger partial charge is 0.372 e. The third-order valence-corrected chi connectivity index (χ3v) is 4.77.